The van der Waals surface area contributed by atoms with Crippen LogP contribution in [0.25, 0.3) is 11.0 Å². The summed E-state index contributed by atoms with van der Waals surface area (Å²) in [5.74, 6) is 2.33. The zero-order valence-electron chi connectivity index (χ0n) is 15.4. The van der Waals surface area contributed by atoms with Gasteiger partial charge in [0.1, 0.15) is 11.6 Å². The molecule has 0 spiro atoms. The molecule has 0 atom stereocenters. The summed E-state index contributed by atoms with van der Waals surface area (Å²) in [4.78, 5) is 11.6. The molecular weight excluding hydrogens is 368 g/mol. The number of morpholine rings is 1. The maximum absolute atomic E-state index is 5.43. The second-order valence-electron chi connectivity index (χ2n) is 6.14. The van der Waals surface area contributed by atoms with E-state index in [1.807, 2.05) is 31.3 Å². The fourth-order valence-electron chi connectivity index (χ4n) is 3.08. The van der Waals surface area contributed by atoms with Crippen LogP contribution in [0.15, 0.2) is 30.5 Å². The van der Waals surface area contributed by atoms with Crippen molar-refractivity contribution in [2.45, 2.75) is 6.54 Å². The first-order valence-corrected chi connectivity index (χ1v) is 8.64. The fraction of sp³-hybridized carbons (Fsp3) is 0.389. The molecular formula is C18H23ClN6O2. The molecule has 0 radical (unpaired) electrons. The molecule has 3 heterocycles. The van der Waals surface area contributed by atoms with Gasteiger partial charge in [0.05, 0.1) is 31.9 Å². The minimum absolute atomic E-state index is 0. The maximum atomic E-state index is 5.43. The Balaban J connectivity index is 0.00000210. The Bertz CT molecular complexity index is 910. The Morgan fingerprint density at radius 1 is 1.19 bits per heavy atom. The average molecular weight is 391 g/mol. The van der Waals surface area contributed by atoms with Crippen LogP contribution < -0.4 is 15.0 Å². The summed E-state index contributed by atoms with van der Waals surface area (Å²) in [5.41, 5.74) is 1.88. The van der Waals surface area contributed by atoms with Crippen molar-refractivity contribution in [2.24, 2.45) is 7.05 Å². The predicted molar refractivity (Wildman–Crippen MR) is 107 cm³/mol. The highest BCUT2D eigenvalue weighted by Crippen LogP contribution is 2.25. The van der Waals surface area contributed by atoms with Crippen LogP contribution in [0.3, 0.4) is 0 Å². The van der Waals surface area contributed by atoms with E-state index in [-0.39, 0.29) is 12.4 Å². The second-order valence-corrected chi connectivity index (χ2v) is 6.14. The lowest BCUT2D eigenvalue weighted by molar-refractivity contribution is 0.122. The molecule has 0 bridgehead atoms. The average Bonchev–Trinajstić information content (AvgIpc) is 3.08. The Hall–Kier alpha value is -2.58. The van der Waals surface area contributed by atoms with E-state index in [9.17, 15) is 0 Å². The van der Waals surface area contributed by atoms with Gasteiger partial charge in [-0.15, -0.1) is 12.4 Å². The van der Waals surface area contributed by atoms with Gasteiger partial charge >= 0.3 is 0 Å². The van der Waals surface area contributed by atoms with Crippen LogP contribution in [-0.2, 0) is 18.3 Å². The van der Waals surface area contributed by atoms with Crippen LogP contribution in [0, 0.1) is 0 Å². The summed E-state index contributed by atoms with van der Waals surface area (Å²) in [6, 6.07) is 7.95. The minimum atomic E-state index is 0. The molecule has 1 fully saturated rings. The van der Waals surface area contributed by atoms with Crippen LogP contribution in [0.2, 0.25) is 0 Å². The van der Waals surface area contributed by atoms with E-state index in [1.165, 1.54) is 0 Å². The molecule has 0 saturated carbocycles. The lowest BCUT2D eigenvalue weighted by atomic mass is 10.2. The zero-order valence-corrected chi connectivity index (χ0v) is 16.2. The number of halogens is 1. The highest BCUT2D eigenvalue weighted by Gasteiger charge is 2.18. The number of hydrogen-bond donors (Lipinski definition) is 1. The van der Waals surface area contributed by atoms with Crippen LogP contribution >= 0.6 is 12.4 Å². The predicted octanol–water partition coefficient (Wildman–Crippen LogP) is 2.24. The molecule has 1 aromatic carbocycles. The quantitative estimate of drug-likeness (QED) is 0.715. The molecule has 9 heteroatoms. The van der Waals surface area contributed by atoms with Crippen LogP contribution in [0.4, 0.5) is 11.8 Å². The van der Waals surface area contributed by atoms with E-state index in [1.54, 1.807) is 18.0 Å². The van der Waals surface area contributed by atoms with Gasteiger partial charge in [-0.25, -0.2) is 0 Å². The molecule has 1 N–H and O–H groups in total. The van der Waals surface area contributed by atoms with Gasteiger partial charge in [-0.2, -0.15) is 15.1 Å². The summed E-state index contributed by atoms with van der Waals surface area (Å²) < 4.78 is 12.6. The molecule has 2 aromatic heterocycles. The number of aromatic nitrogens is 4. The molecule has 8 nitrogen and oxygen atoms in total. The maximum Gasteiger partial charge on any atom is 0.229 e. The lowest BCUT2D eigenvalue weighted by Crippen LogP contribution is -2.37. The van der Waals surface area contributed by atoms with Gasteiger partial charge in [0.25, 0.3) is 0 Å². The molecule has 0 unspecified atom stereocenters. The molecule has 27 heavy (non-hydrogen) atoms. The van der Waals surface area contributed by atoms with Crippen molar-refractivity contribution in [3.8, 4) is 5.75 Å². The first-order chi connectivity index (χ1) is 12.8. The minimum Gasteiger partial charge on any atom is -0.496 e. The number of benzene rings is 1. The van der Waals surface area contributed by atoms with Crippen molar-refractivity contribution in [3.05, 3.63) is 36.0 Å². The topological polar surface area (TPSA) is 77.3 Å². The number of aryl methyl sites for hydroxylation is 1. The first-order valence-electron chi connectivity index (χ1n) is 8.64. The third-order valence-corrected chi connectivity index (χ3v) is 4.51. The number of nitrogens with zero attached hydrogens (tertiary/aromatic N) is 5. The molecule has 1 aliphatic rings. The van der Waals surface area contributed by atoms with Gasteiger partial charge in [0, 0.05) is 32.2 Å². The number of para-hydroxylation sites is 1. The van der Waals surface area contributed by atoms with Crippen molar-refractivity contribution in [2.75, 3.05) is 43.6 Å². The normalized spacial score (nSPS) is 14.1. The zero-order chi connectivity index (χ0) is 17.9. The van der Waals surface area contributed by atoms with E-state index in [4.69, 9.17) is 19.4 Å². The molecule has 0 aliphatic carbocycles. The SMILES string of the molecule is COc1ccccc1CNc1nc(N2CCOCC2)nc2c1cnn2C.Cl. The van der Waals surface area contributed by atoms with Gasteiger partial charge in [-0.3, -0.25) is 4.68 Å². The Labute approximate surface area is 163 Å². The Morgan fingerprint density at radius 3 is 2.74 bits per heavy atom. The number of methoxy groups -OCH3 is 1. The van der Waals surface area contributed by atoms with Gasteiger partial charge < -0.3 is 19.7 Å². The van der Waals surface area contributed by atoms with Crippen LogP contribution in [0.5, 0.6) is 5.75 Å². The summed E-state index contributed by atoms with van der Waals surface area (Å²) in [7, 11) is 3.57. The number of nitrogens with one attached hydrogen (secondary N) is 1. The first kappa shape index (κ1) is 19.2. The largest absolute Gasteiger partial charge is 0.496 e. The second kappa shape index (κ2) is 8.41. The van der Waals surface area contributed by atoms with Crippen molar-refractivity contribution >= 4 is 35.2 Å². The van der Waals surface area contributed by atoms with E-state index >= 15 is 0 Å². The number of fused-ring (bicyclic) bond motifs is 1. The van der Waals surface area contributed by atoms with E-state index in [0.717, 1.165) is 41.3 Å². The van der Waals surface area contributed by atoms with E-state index in [2.05, 4.69) is 15.3 Å². The fourth-order valence-corrected chi connectivity index (χ4v) is 3.08. The van der Waals surface area contributed by atoms with Gasteiger partial charge in [-0.05, 0) is 6.07 Å². The Morgan fingerprint density at radius 2 is 1.96 bits per heavy atom. The van der Waals surface area contributed by atoms with Crippen molar-refractivity contribution in [3.63, 3.8) is 0 Å². The van der Waals surface area contributed by atoms with Gasteiger partial charge in [0.2, 0.25) is 5.95 Å². The number of anilines is 2. The molecule has 0 amide bonds. The highest BCUT2D eigenvalue weighted by atomic mass is 35.5. The smallest absolute Gasteiger partial charge is 0.229 e. The van der Waals surface area contributed by atoms with E-state index < -0.39 is 0 Å². The number of hydrogen-bond acceptors (Lipinski definition) is 7. The van der Waals surface area contributed by atoms with Crippen molar-refractivity contribution < 1.29 is 9.47 Å². The van der Waals surface area contributed by atoms with Gasteiger partial charge in [-0.1, -0.05) is 18.2 Å². The standard InChI is InChI=1S/C18H22N6O2.ClH/c1-23-17-14(12-20-23)16(19-11-13-5-3-4-6-15(13)25-2)21-18(22-17)24-7-9-26-10-8-24;/h3-6,12H,7-11H2,1-2H3,(H,19,21,22);1H. The summed E-state index contributed by atoms with van der Waals surface area (Å²) in [6.07, 6.45) is 1.79. The summed E-state index contributed by atoms with van der Waals surface area (Å²) in [5, 5.41) is 8.67. The molecule has 3 aromatic rings. The van der Waals surface area contributed by atoms with Crippen molar-refractivity contribution in [1.82, 2.24) is 19.7 Å². The monoisotopic (exact) mass is 390 g/mol. The summed E-state index contributed by atoms with van der Waals surface area (Å²) >= 11 is 0. The highest BCUT2D eigenvalue weighted by molar-refractivity contribution is 5.87. The van der Waals surface area contributed by atoms with E-state index in [0.29, 0.717) is 25.7 Å². The summed E-state index contributed by atoms with van der Waals surface area (Å²) in [6.45, 7) is 3.56. The lowest BCUT2D eigenvalue weighted by Gasteiger charge is -2.27. The number of rotatable bonds is 5. The third-order valence-electron chi connectivity index (χ3n) is 4.51. The molecule has 1 saturated heterocycles. The molecule has 1 aliphatic heterocycles. The Kier molecular flexibility index (Phi) is 5.98. The van der Waals surface area contributed by atoms with Gasteiger partial charge in [0.15, 0.2) is 5.65 Å². The third kappa shape index (κ3) is 3.91. The molecule has 4 rings (SSSR count). The number of ether oxygens (including phenoxy) is 2. The van der Waals surface area contributed by atoms with Crippen LogP contribution in [-0.4, -0.2) is 53.2 Å². The van der Waals surface area contributed by atoms with Crippen molar-refractivity contribution in [1.29, 1.82) is 0 Å². The molecule has 144 valence electrons. The van der Waals surface area contributed by atoms with Crippen LogP contribution in [0.1, 0.15) is 5.56 Å².